The highest BCUT2D eigenvalue weighted by molar-refractivity contribution is 7.99. The van der Waals surface area contributed by atoms with Crippen LogP contribution in [0.1, 0.15) is 35.6 Å². The Morgan fingerprint density at radius 2 is 1.55 bits per heavy atom. The number of ketones is 1. The molecule has 0 atom stereocenters. The fourth-order valence-electron chi connectivity index (χ4n) is 4.08. The SMILES string of the molecule is CC(=O)COc1ccc(SCCc2ccc(-c3ccc(C(F)(F)F)cc3)cc2)c2c1CCC2. The molecule has 0 N–H and O–H groups in total. The zero-order valence-electron chi connectivity index (χ0n) is 18.4. The molecule has 3 aromatic rings. The van der Waals surface area contributed by atoms with E-state index in [1.165, 1.54) is 40.6 Å². The summed E-state index contributed by atoms with van der Waals surface area (Å²) in [7, 11) is 0. The van der Waals surface area contributed by atoms with Crippen molar-refractivity contribution >= 4 is 17.5 Å². The molecule has 0 unspecified atom stereocenters. The first-order valence-electron chi connectivity index (χ1n) is 11.0. The molecule has 1 aliphatic rings. The van der Waals surface area contributed by atoms with Crippen LogP contribution in [0.3, 0.4) is 0 Å². The van der Waals surface area contributed by atoms with E-state index in [4.69, 9.17) is 4.74 Å². The van der Waals surface area contributed by atoms with Gasteiger partial charge in [0, 0.05) is 10.6 Å². The first-order chi connectivity index (χ1) is 15.8. The lowest BCUT2D eigenvalue weighted by Crippen LogP contribution is -2.08. The van der Waals surface area contributed by atoms with E-state index < -0.39 is 11.7 Å². The summed E-state index contributed by atoms with van der Waals surface area (Å²) in [6.07, 6.45) is -0.286. The molecule has 0 saturated heterocycles. The average Bonchev–Trinajstić information content (AvgIpc) is 3.29. The van der Waals surface area contributed by atoms with Crippen molar-refractivity contribution < 1.29 is 22.7 Å². The largest absolute Gasteiger partial charge is 0.486 e. The standard InChI is InChI=1S/C27H25F3O2S/c1-18(31)17-32-25-13-14-26(24-4-2-3-23(24)25)33-16-15-19-5-7-20(8-6-19)21-9-11-22(12-10-21)27(28,29)30/h5-14H,2-4,15-17H2,1H3. The van der Waals surface area contributed by atoms with Gasteiger partial charge in [0.05, 0.1) is 5.56 Å². The molecule has 0 aliphatic heterocycles. The number of aryl methyl sites for hydroxylation is 1. The van der Waals surface area contributed by atoms with Gasteiger partial charge in [0.15, 0.2) is 5.78 Å². The summed E-state index contributed by atoms with van der Waals surface area (Å²) in [6.45, 7) is 1.64. The van der Waals surface area contributed by atoms with Gasteiger partial charge in [-0.15, -0.1) is 11.8 Å². The molecule has 0 bridgehead atoms. The van der Waals surface area contributed by atoms with Gasteiger partial charge < -0.3 is 4.74 Å². The van der Waals surface area contributed by atoms with Gasteiger partial charge in [-0.25, -0.2) is 0 Å². The molecule has 0 spiro atoms. The number of hydrogen-bond donors (Lipinski definition) is 0. The number of thioether (sulfide) groups is 1. The van der Waals surface area contributed by atoms with Gasteiger partial charge in [-0.3, -0.25) is 4.79 Å². The summed E-state index contributed by atoms with van der Waals surface area (Å²) in [5.74, 6) is 1.78. The number of hydrogen-bond acceptors (Lipinski definition) is 3. The number of benzene rings is 3. The first-order valence-corrected chi connectivity index (χ1v) is 12.0. The quantitative estimate of drug-likeness (QED) is 0.327. The Morgan fingerprint density at radius 3 is 2.18 bits per heavy atom. The second-order valence-electron chi connectivity index (χ2n) is 8.23. The maximum absolute atomic E-state index is 12.8. The van der Waals surface area contributed by atoms with Crippen LogP contribution in [0.25, 0.3) is 11.1 Å². The van der Waals surface area contributed by atoms with Crippen LogP contribution in [0.4, 0.5) is 13.2 Å². The van der Waals surface area contributed by atoms with E-state index in [1.54, 1.807) is 0 Å². The minimum atomic E-state index is -4.32. The van der Waals surface area contributed by atoms with Gasteiger partial charge in [0.1, 0.15) is 12.4 Å². The Morgan fingerprint density at radius 1 is 0.909 bits per heavy atom. The van der Waals surface area contributed by atoms with E-state index in [0.29, 0.717) is 0 Å². The molecule has 4 rings (SSSR count). The average molecular weight is 471 g/mol. The van der Waals surface area contributed by atoms with Gasteiger partial charge in [-0.1, -0.05) is 36.4 Å². The minimum absolute atomic E-state index is 0.0181. The second kappa shape index (κ2) is 10.0. The molecule has 3 aromatic carbocycles. The highest BCUT2D eigenvalue weighted by atomic mass is 32.2. The van der Waals surface area contributed by atoms with Crippen molar-refractivity contribution in [3.05, 3.63) is 82.9 Å². The molecular formula is C27H25F3O2S. The van der Waals surface area contributed by atoms with Crippen LogP contribution < -0.4 is 4.74 Å². The topological polar surface area (TPSA) is 26.3 Å². The highest BCUT2D eigenvalue weighted by Gasteiger charge is 2.30. The third-order valence-corrected chi connectivity index (χ3v) is 6.88. The maximum Gasteiger partial charge on any atom is 0.416 e. The Kier molecular flexibility index (Phi) is 7.13. The van der Waals surface area contributed by atoms with Crippen molar-refractivity contribution in [3.63, 3.8) is 0 Å². The van der Waals surface area contributed by atoms with E-state index in [2.05, 4.69) is 6.07 Å². The Hall–Kier alpha value is -2.73. The van der Waals surface area contributed by atoms with Crippen LogP contribution in [0.15, 0.2) is 65.6 Å². The molecule has 1 aliphatic carbocycles. The number of halogens is 3. The van der Waals surface area contributed by atoms with Crippen molar-refractivity contribution in [2.75, 3.05) is 12.4 Å². The molecule has 2 nitrogen and oxygen atoms in total. The van der Waals surface area contributed by atoms with Gasteiger partial charge in [-0.05, 0) is 84.7 Å². The molecule has 0 fully saturated rings. The number of fused-ring (bicyclic) bond motifs is 1. The van der Waals surface area contributed by atoms with Crippen LogP contribution in [-0.2, 0) is 30.2 Å². The summed E-state index contributed by atoms with van der Waals surface area (Å²) < 4.78 is 44.0. The smallest absolute Gasteiger partial charge is 0.416 e. The van der Waals surface area contributed by atoms with Crippen LogP contribution in [0, 0.1) is 0 Å². The maximum atomic E-state index is 12.8. The van der Waals surface area contributed by atoms with Crippen molar-refractivity contribution in [2.45, 2.75) is 43.7 Å². The fourth-order valence-corrected chi connectivity index (χ4v) is 5.21. The fraction of sp³-hybridized carbons (Fsp3) is 0.296. The van der Waals surface area contributed by atoms with Gasteiger partial charge in [0.2, 0.25) is 0 Å². The summed E-state index contributed by atoms with van der Waals surface area (Å²) in [5.41, 5.74) is 4.81. The number of Topliss-reactive ketones (excluding diaryl/α,β-unsaturated/α-hetero) is 1. The normalized spacial score (nSPS) is 13.1. The van der Waals surface area contributed by atoms with Gasteiger partial charge >= 0.3 is 6.18 Å². The molecule has 6 heteroatoms. The zero-order valence-corrected chi connectivity index (χ0v) is 19.2. The molecule has 0 amide bonds. The zero-order chi connectivity index (χ0) is 23.4. The van der Waals surface area contributed by atoms with Crippen molar-refractivity contribution in [2.24, 2.45) is 0 Å². The summed E-state index contributed by atoms with van der Waals surface area (Å²) in [5, 5.41) is 0. The van der Waals surface area contributed by atoms with E-state index >= 15 is 0 Å². The Balaban J connectivity index is 1.36. The number of rotatable bonds is 8. The lowest BCUT2D eigenvalue weighted by molar-refractivity contribution is -0.137. The van der Waals surface area contributed by atoms with Crippen LogP contribution in [0.5, 0.6) is 5.75 Å². The lowest BCUT2D eigenvalue weighted by atomic mass is 10.0. The molecule has 0 radical (unpaired) electrons. The van der Waals surface area contributed by atoms with Crippen molar-refractivity contribution in [1.82, 2.24) is 0 Å². The lowest BCUT2D eigenvalue weighted by Gasteiger charge is -2.13. The first kappa shape index (κ1) is 23.4. The van der Waals surface area contributed by atoms with Crippen LogP contribution in [0.2, 0.25) is 0 Å². The predicted octanol–water partition coefficient (Wildman–Crippen LogP) is 7.16. The third kappa shape index (κ3) is 5.80. The van der Waals surface area contributed by atoms with Crippen LogP contribution >= 0.6 is 11.8 Å². The molecular weight excluding hydrogens is 445 g/mol. The van der Waals surface area contributed by atoms with Crippen molar-refractivity contribution in [1.29, 1.82) is 0 Å². The van der Waals surface area contributed by atoms with Gasteiger partial charge in [0.25, 0.3) is 0 Å². The molecule has 0 heterocycles. The molecule has 172 valence electrons. The monoisotopic (exact) mass is 470 g/mol. The van der Waals surface area contributed by atoms with E-state index in [0.717, 1.165) is 60.4 Å². The summed E-state index contributed by atoms with van der Waals surface area (Å²) >= 11 is 1.83. The third-order valence-electron chi connectivity index (χ3n) is 5.78. The van der Waals surface area contributed by atoms with E-state index in [1.807, 2.05) is 42.1 Å². The molecule has 0 saturated carbocycles. The van der Waals surface area contributed by atoms with Gasteiger partial charge in [-0.2, -0.15) is 13.2 Å². The second-order valence-corrected chi connectivity index (χ2v) is 9.37. The summed E-state index contributed by atoms with van der Waals surface area (Å²) in [6, 6.07) is 17.3. The number of alkyl halides is 3. The van der Waals surface area contributed by atoms with E-state index in [9.17, 15) is 18.0 Å². The van der Waals surface area contributed by atoms with Crippen LogP contribution in [-0.4, -0.2) is 18.1 Å². The molecule has 0 aromatic heterocycles. The summed E-state index contributed by atoms with van der Waals surface area (Å²) in [4.78, 5) is 12.5. The number of carbonyl (C=O) groups is 1. The Bertz CT molecular complexity index is 1120. The predicted molar refractivity (Wildman–Crippen MR) is 126 cm³/mol. The highest BCUT2D eigenvalue weighted by Crippen LogP contribution is 2.38. The Labute approximate surface area is 196 Å². The number of ether oxygens (including phenoxy) is 1. The minimum Gasteiger partial charge on any atom is -0.486 e. The number of carbonyl (C=O) groups excluding carboxylic acids is 1. The molecule has 33 heavy (non-hydrogen) atoms. The van der Waals surface area contributed by atoms with E-state index in [-0.39, 0.29) is 12.4 Å². The van der Waals surface area contributed by atoms with Crippen molar-refractivity contribution in [3.8, 4) is 16.9 Å².